The summed E-state index contributed by atoms with van der Waals surface area (Å²) >= 11 is 0. The molecule has 2 nitrogen and oxygen atoms in total. The number of halogens is 1. The Balaban J connectivity index is 0.00000272. The highest BCUT2D eigenvalue weighted by atomic mass is 127. The van der Waals surface area contributed by atoms with Crippen molar-refractivity contribution in [2.75, 3.05) is 5.49 Å². The van der Waals surface area contributed by atoms with Gasteiger partial charge in [-0.2, -0.15) is 0 Å². The predicted molar refractivity (Wildman–Crippen MR) is 128 cm³/mol. The van der Waals surface area contributed by atoms with Crippen LogP contribution in [0.3, 0.4) is 0 Å². The summed E-state index contributed by atoms with van der Waals surface area (Å²) in [5.41, 5.74) is 1.10. The van der Waals surface area contributed by atoms with E-state index in [0.29, 0.717) is 4.90 Å². The lowest BCUT2D eigenvalue weighted by Crippen LogP contribution is -3.00. The van der Waals surface area contributed by atoms with Crippen molar-refractivity contribution >= 4 is 33.0 Å². The first-order valence-corrected chi connectivity index (χ1v) is 13.5. The Bertz CT molecular complexity index is 1110. The highest BCUT2D eigenvalue weighted by Gasteiger charge is 2.49. The normalized spacial score (nSPS) is 11.5. The Morgan fingerprint density at radius 3 is 1.29 bits per heavy atom. The second-order valence-electron chi connectivity index (χ2n) is 7.37. The third kappa shape index (κ3) is 4.92. The number of hydrogen-bond donors (Lipinski definition) is 0. The minimum Gasteiger partial charge on any atom is -1.00 e. The van der Waals surface area contributed by atoms with Crippen LogP contribution in [0.2, 0.25) is 0 Å². The number of aryl methyl sites for hydroxylation is 1. The molecule has 0 saturated heterocycles. The summed E-state index contributed by atoms with van der Waals surface area (Å²) in [6.07, 6.45) is 0. The molecule has 0 aliphatic heterocycles. The molecule has 0 fully saturated rings. The average molecular weight is 558 g/mol. The van der Waals surface area contributed by atoms with Crippen LogP contribution in [0.5, 0.6) is 0 Å². The summed E-state index contributed by atoms with van der Waals surface area (Å²) in [5.74, 6) is 0. The van der Waals surface area contributed by atoms with Crippen LogP contribution in [-0.4, -0.2) is 13.9 Å². The molecule has 0 aliphatic rings. The van der Waals surface area contributed by atoms with Crippen molar-refractivity contribution in [1.82, 2.24) is 0 Å². The molecule has 4 aromatic carbocycles. The van der Waals surface area contributed by atoms with Gasteiger partial charge in [-0.25, -0.2) is 8.42 Å². The van der Waals surface area contributed by atoms with Gasteiger partial charge in [0, 0.05) is 0 Å². The molecular formula is C26H24IO2PS. The number of sulfone groups is 1. The van der Waals surface area contributed by atoms with Crippen LogP contribution in [0.15, 0.2) is 120 Å². The van der Waals surface area contributed by atoms with Crippen LogP contribution in [0.1, 0.15) is 5.56 Å². The van der Waals surface area contributed by atoms with Gasteiger partial charge in [-0.05, 0) is 55.5 Å². The second kappa shape index (κ2) is 10.1. The minimum absolute atomic E-state index is 0. The summed E-state index contributed by atoms with van der Waals surface area (Å²) in [6, 6.07) is 37.5. The number of hydrogen-bond acceptors (Lipinski definition) is 2. The summed E-state index contributed by atoms with van der Waals surface area (Å²) in [7, 11) is -5.97. The van der Waals surface area contributed by atoms with Gasteiger partial charge in [0.1, 0.15) is 23.2 Å². The Kier molecular flexibility index (Phi) is 7.68. The molecular weight excluding hydrogens is 534 g/mol. The molecule has 0 aliphatic carbocycles. The van der Waals surface area contributed by atoms with Crippen LogP contribution in [0.25, 0.3) is 0 Å². The van der Waals surface area contributed by atoms with Crippen molar-refractivity contribution in [3.05, 3.63) is 121 Å². The first kappa shape index (κ1) is 23.6. The van der Waals surface area contributed by atoms with Crippen LogP contribution >= 0.6 is 7.26 Å². The third-order valence-corrected chi connectivity index (χ3v) is 12.8. The maximum absolute atomic E-state index is 13.7. The van der Waals surface area contributed by atoms with E-state index in [1.807, 2.05) is 73.7 Å². The van der Waals surface area contributed by atoms with Crippen LogP contribution in [0, 0.1) is 6.92 Å². The van der Waals surface area contributed by atoms with Gasteiger partial charge in [0.15, 0.2) is 5.49 Å². The molecule has 0 N–H and O–H groups in total. The smallest absolute Gasteiger partial charge is 0.213 e. The molecule has 0 unspecified atom stereocenters. The van der Waals surface area contributed by atoms with E-state index in [0.717, 1.165) is 21.5 Å². The van der Waals surface area contributed by atoms with Crippen molar-refractivity contribution in [3.63, 3.8) is 0 Å². The van der Waals surface area contributed by atoms with Crippen LogP contribution in [0.4, 0.5) is 0 Å². The lowest BCUT2D eigenvalue weighted by atomic mass is 10.2. The maximum atomic E-state index is 13.7. The van der Waals surface area contributed by atoms with E-state index in [1.165, 1.54) is 0 Å². The van der Waals surface area contributed by atoms with E-state index in [4.69, 9.17) is 0 Å². The highest BCUT2D eigenvalue weighted by Crippen LogP contribution is 2.56. The molecule has 0 atom stereocenters. The SMILES string of the molecule is Cc1ccc(S(=O)(=O)C[P+](c2ccccc2)(c2ccccc2)c2ccccc2)cc1.[I-]. The van der Waals surface area contributed by atoms with Crippen LogP contribution in [-0.2, 0) is 9.84 Å². The molecule has 158 valence electrons. The monoisotopic (exact) mass is 558 g/mol. The van der Waals surface area contributed by atoms with E-state index < -0.39 is 17.1 Å². The summed E-state index contributed by atoms with van der Waals surface area (Å²) in [6.45, 7) is 1.96. The largest absolute Gasteiger partial charge is 1.00 e. The Hall–Kier alpha value is -2.01. The van der Waals surface area contributed by atoms with E-state index in [9.17, 15) is 8.42 Å². The fraction of sp³-hybridized carbons (Fsp3) is 0.0769. The Morgan fingerprint density at radius 2 is 0.935 bits per heavy atom. The van der Waals surface area contributed by atoms with Gasteiger partial charge in [-0.1, -0.05) is 72.3 Å². The van der Waals surface area contributed by atoms with Gasteiger partial charge in [-0.15, -0.1) is 0 Å². The Morgan fingerprint density at radius 1 is 0.581 bits per heavy atom. The van der Waals surface area contributed by atoms with E-state index in [1.54, 1.807) is 12.1 Å². The number of benzene rings is 4. The zero-order chi connectivity index (χ0) is 21.0. The zero-order valence-corrected chi connectivity index (χ0v) is 21.1. The highest BCUT2D eigenvalue weighted by molar-refractivity contribution is 8.09. The van der Waals surface area contributed by atoms with Crippen molar-refractivity contribution in [2.24, 2.45) is 0 Å². The maximum Gasteiger partial charge on any atom is 0.213 e. The lowest BCUT2D eigenvalue weighted by molar-refractivity contribution is -0.00000836. The first-order valence-electron chi connectivity index (χ1n) is 9.87. The van der Waals surface area contributed by atoms with Gasteiger partial charge in [0.2, 0.25) is 9.84 Å². The van der Waals surface area contributed by atoms with Gasteiger partial charge < -0.3 is 24.0 Å². The molecule has 31 heavy (non-hydrogen) atoms. The van der Waals surface area contributed by atoms with E-state index >= 15 is 0 Å². The number of rotatable bonds is 6. The van der Waals surface area contributed by atoms with Crippen molar-refractivity contribution in [1.29, 1.82) is 0 Å². The molecule has 4 aromatic rings. The van der Waals surface area contributed by atoms with Gasteiger partial charge in [-0.3, -0.25) is 0 Å². The standard InChI is InChI=1S/C26H24O2PS.HI/c1-22-17-19-26(20-18-22)30(27,28)21-29(23-11-5-2-6-12-23,24-13-7-3-8-14-24)25-15-9-4-10-16-25;/h2-20H,21H2,1H3;1H/q+1;/p-1. The summed E-state index contributed by atoms with van der Waals surface area (Å²) in [5, 5.41) is 3.20. The van der Waals surface area contributed by atoms with E-state index in [-0.39, 0.29) is 29.5 Å². The summed E-state index contributed by atoms with van der Waals surface area (Å²) in [4.78, 5) is 0.375. The van der Waals surface area contributed by atoms with Crippen molar-refractivity contribution < 1.29 is 32.4 Å². The first-order chi connectivity index (χ1) is 14.5. The quantitative estimate of drug-likeness (QED) is 0.267. The minimum atomic E-state index is -3.53. The lowest BCUT2D eigenvalue weighted by Gasteiger charge is -2.27. The molecule has 0 amide bonds. The molecule has 0 spiro atoms. The fourth-order valence-electron chi connectivity index (χ4n) is 3.79. The molecule has 4 rings (SSSR count). The zero-order valence-electron chi connectivity index (χ0n) is 17.2. The molecule has 0 aromatic heterocycles. The van der Waals surface area contributed by atoms with Gasteiger partial charge in [0.25, 0.3) is 0 Å². The van der Waals surface area contributed by atoms with Gasteiger partial charge >= 0.3 is 0 Å². The Labute approximate surface area is 202 Å². The van der Waals surface area contributed by atoms with Crippen LogP contribution < -0.4 is 39.9 Å². The molecule has 0 bridgehead atoms. The molecule has 0 heterocycles. The average Bonchev–Trinajstić information content (AvgIpc) is 2.79. The van der Waals surface area contributed by atoms with Gasteiger partial charge in [0.05, 0.1) is 4.90 Å². The molecule has 5 heteroatoms. The van der Waals surface area contributed by atoms with Crippen molar-refractivity contribution in [2.45, 2.75) is 11.8 Å². The predicted octanol–water partition coefficient (Wildman–Crippen LogP) is 1.72. The topological polar surface area (TPSA) is 34.1 Å². The van der Waals surface area contributed by atoms with Crippen molar-refractivity contribution in [3.8, 4) is 0 Å². The molecule has 0 saturated carbocycles. The van der Waals surface area contributed by atoms with E-state index in [2.05, 4.69) is 36.4 Å². The summed E-state index contributed by atoms with van der Waals surface area (Å²) < 4.78 is 27.4. The second-order valence-corrected chi connectivity index (χ2v) is 13.3. The third-order valence-electron chi connectivity index (χ3n) is 5.33. The molecule has 0 radical (unpaired) electrons. The fourth-order valence-corrected chi connectivity index (χ4v) is 11.7.